The highest BCUT2D eigenvalue weighted by atomic mass is 16.4. The van der Waals surface area contributed by atoms with E-state index < -0.39 is 18.6 Å². The number of hydrogen-bond acceptors (Lipinski definition) is 4. The minimum atomic E-state index is -1.35. The molecule has 0 saturated heterocycles. The summed E-state index contributed by atoms with van der Waals surface area (Å²) in [4.78, 5) is 11.9. The van der Waals surface area contributed by atoms with Crippen molar-refractivity contribution in [3.8, 4) is 0 Å². The quantitative estimate of drug-likeness (QED) is 0.597. The van der Waals surface area contributed by atoms with Crippen molar-refractivity contribution in [1.29, 1.82) is 0 Å². The summed E-state index contributed by atoms with van der Waals surface area (Å²) in [5.41, 5.74) is 5.07. The van der Waals surface area contributed by atoms with Gasteiger partial charge in [0.1, 0.15) is 5.54 Å². The van der Waals surface area contributed by atoms with Crippen molar-refractivity contribution in [1.82, 2.24) is 4.57 Å². The van der Waals surface area contributed by atoms with Crippen molar-refractivity contribution in [2.75, 3.05) is 0 Å². The van der Waals surface area contributed by atoms with Gasteiger partial charge in [0.15, 0.2) is 0 Å². The van der Waals surface area contributed by atoms with Gasteiger partial charge in [-0.25, -0.2) is 0 Å². The number of nitrogens with two attached hydrogens (primary N) is 1. The number of carboxylic acid groups (broad SMARTS) is 1. The van der Waals surface area contributed by atoms with E-state index >= 15 is 0 Å². The van der Waals surface area contributed by atoms with Crippen molar-refractivity contribution < 1.29 is 19.9 Å². The molecule has 2 aromatic rings. The topological polar surface area (TPSA) is 109 Å². The first-order valence-electron chi connectivity index (χ1n) is 8.81. The molecule has 0 spiro atoms. The largest absolute Gasteiger partial charge is 0.480 e. The van der Waals surface area contributed by atoms with Crippen LogP contribution in [-0.2, 0) is 11.3 Å². The predicted molar refractivity (Wildman–Crippen MR) is 96.9 cm³/mol. The molecule has 0 aliphatic heterocycles. The third-order valence-electron chi connectivity index (χ3n) is 5.55. The summed E-state index contributed by atoms with van der Waals surface area (Å²) in [6, 6.07) is 8.04. The molecule has 1 aliphatic carbocycles. The Labute approximate surface area is 147 Å². The lowest BCUT2D eigenvalue weighted by molar-refractivity contribution is -0.148. The normalized spacial score (nSPS) is 26.7. The first kappa shape index (κ1) is 18.0. The van der Waals surface area contributed by atoms with E-state index in [2.05, 4.69) is 0 Å². The highest BCUT2D eigenvalue weighted by Crippen LogP contribution is 2.39. The van der Waals surface area contributed by atoms with Crippen LogP contribution in [0.2, 0.25) is 6.32 Å². The van der Waals surface area contributed by atoms with Crippen LogP contribution in [0.5, 0.6) is 0 Å². The number of carboxylic acids is 1. The van der Waals surface area contributed by atoms with Crippen LogP contribution in [-0.4, -0.2) is 38.3 Å². The lowest BCUT2D eigenvalue weighted by Gasteiger charge is -2.41. The summed E-state index contributed by atoms with van der Waals surface area (Å²) in [5, 5.41) is 30.1. The second-order valence-electron chi connectivity index (χ2n) is 7.33. The van der Waals surface area contributed by atoms with Gasteiger partial charge >= 0.3 is 13.1 Å². The molecule has 25 heavy (non-hydrogen) atoms. The van der Waals surface area contributed by atoms with Gasteiger partial charge in [0.2, 0.25) is 0 Å². The zero-order chi connectivity index (χ0) is 18.0. The molecule has 3 atom stereocenters. The lowest BCUT2D eigenvalue weighted by atomic mass is 9.66. The van der Waals surface area contributed by atoms with Gasteiger partial charge in [-0.3, -0.25) is 4.79 Å². The molecular weight excluding hydrogens is 319 g/mol. The lowest BCUT2D eigenvalue weighted by Crippen LogP contribution is -2.58. The standard InChI is InChI=1S/C18H25BN2O4/c20-18(17(22)23)9-13(7-8-19(24)25)5-6-16(18)12-21-10-14-3-1-2-4-15(14)11-21/h1-4,10-11,13,16,24-25H,5-9,12,20H2,(H,22,23)/t13-,16-,18+/m1/s1. The van der Waals surface area contributed by atoms with Gasteiger partial charge in [-0.15, -0.1) is 0 Å². The number of hydrogen-bond donors (Lipinski definition) is 4. The number of benzene rings is 1. The summed E-state index contributed by atoms with van der Waals surface area (Å²) < 4.78 is 2.04. The molecule has 1 fully saturated rings. The maximum absolute atomic E-state index is 11.9. The van der Waals surface area contributed by atoms with Crippen LogP contribution in [0.3, 0.4) is 0 Å². The Hall–Kier alpha value is -1.83. The summed E-state index contributed by atoms with van der Waals surface area (Å²) in [6.45, 7) is 0.576. The molecule has 1 saturated carbocycles. The van der Waals surface area contributed by atoms with Gasteiger partial charge < -0.3 is 25.5 Å². The minimum absolute atomic E-state index is 0.114. The van der Waals surface area contributed by atoms with Gasteiger partial charge in [-0.1, -0.05) is 30.7 Å². The first-order chi connectivity index (χ1) is 11.9. The van der Waals surface area contributed by atoms with E-state index in [1.165, 1.54) is 0 Å². The van der Waals surface area contributed by atoms with E-state index in [0.717, 1.165) is 23.6 Å². The number of aliphatic carboxylic acids is 1. The minimum Gasteiger partial charge on any atom is -0.480 e. The zero-order valence-electron chi connectivity index (χ0n) is 14.2. The van der Waals surface area contributed by atoms with E-state index in [9.17, 15) is 9.90 Å². The fourth-order valence-corrected chi connectivity index (χ4v) is 4.09. The molecule has 0 bridgehead atoms. The summed E-state index contributed by atoms with van der Waals surface area (Å²) in [6.07, 6.45) is 6.88. The molecule has 1 heterocycles. The molecule has 0 radical (unpaired) electrons. The van der Waals surface area contributed by atoms with E-state index in [0.29, 0.717) is 19.4 Å². The Morgan fingerprint density at radius 3 is 2.44 bits per heavy atom. The molecule has 1 aromatic heterocycles. The van der Waals surface area contributed by atoms with Crippen LogP contribution >= 0.6 is 0 Å². The fraction of sp³-hybridized carbons (Fsp3) is 0.500. The van der Waals surface area contributed by atoms with Gasteiger partial charge in [0, 0.05) is 24.9 Å². The monoisotopic (exact) mass is 344 g/mol. The fourth-order valence-electron chi connectivity index (χ4n) is 4.09. The second kappa shape index (κ2) is 7.19. The van der Waals surface area contributed by atoms with Crippen LogP contribution in [0.4, 0.5) is 0 Å². The summed E-state index contributed by atoms with van der Waals surface area (Å²) >= 11 is 0. The Kier molecular flexibility index (Phi) is 5.17. The van der Waals surface area contributed by atoms with Gasteiger partial charge in [0.05, 0.1) is 0 Å². The molecule has 5 N–H and O–H groups in total. The van der Waals surface area contributed by atoms with Crippen molar-refractivity contribution in [2.45, 2.75) is 44.1 Å². The molecule has 1 aliphatic rings. The number of aromatic nitrogens is 1. The Balaban J connectivity index is 1.74. The maximum atomic E-state index is 11.9. The van der Waals surface area contributed by atoms with Gasteiger partial charge in [-0.05, 0) is 42.3 Å². The average Bonchev–Trinajstić information content (AvgIpc) is 2.97. The number of carbonyl (C=O) groups is 1. The van der Waals surface area contributed by atoms with E-state index in [-0.39, 0.29) is 18.2 Å². The van der Waals surface area contributed by atoms with Gasteiger partial charge in [0.25, 0.3) is 0 Å². The molecule has 0 amide bonds. The maximum Gasteiger partial charge on any atom is 0.451 e. The average molecular weight is 344 g/mol. The second-order valence-corrected chi connectivity index (χ2v) is 7.33. The first-order valence-corrected chi connectivity index (χ1v) is 8.81. The van der Waals surface area contributed by atoms with Crippen LogP contribution in [0.15, 0.2) is 36.7 Å². The van der Waals surface area contributed by atoms with Crippen molar-refractivity contribution >= 4 is 23.9 Å². The van der Waals surface area contributed by atoms with E-state index in [1.807, 2.05) is 41.2 Å². The SMILES string of the molecule is N[C@@]1(C(=O)O)C[C@@H](CCB(O)O)CC[C@@H]1Cn1cc2ccccc2c1. The van der Waals surface area contributed by atoms with Crippen LogP contribution < -0.4 is 5.73 Å². The van der Waals surface area contributed by atoms with Crippen LogP contribution in [0.1, 0.15) is 25.7 Å². The Morgan fingerprint density at radius 2 is 1.88 bits per heavy atom. The Morgan fingerprint density at radius 1 is 1.24 bits per heavy atom. The molecule has 7 heteroatoms. The predicted octanol–water partition coefficient (Wildman–Crippen LogP) is 1.70. The smallest absolute Gasteiger partial charge is 0.451 e. The molecule has 3 rings (SSSR count). The Bertz CT molecular complexity index is 715. The molecule has 134 valence electrons. The summed E-state index contributed by atoms with van der Waals surface area (Å²) in [5.74, 6) is -1.01. The third kappa shape index (κ3) is 3.89. The molecule has 6 nitrogen and oxygen atoms in total. The van der Waals surface area contributed by atoms with Crippen molar-refractivity contribution in [2.24, 2.45) is 17.6 Å². The van der Waals surface area contributed by atoms with Gasteiger partial charge in [-0.2, -0.15) is 0 Å². The number of nitrogens with zero attached hydrogens (tertiary/aromatic N) is 1. The van der Waals surface area contributed by atoms with Crippen molar-refractivity contribution in [3.05, 3.63) is 36.7 Å². The highest BCUT2D eigenvalue weighted by molar-refractivity contribution is 6.40. The van der Waals surface area contributed by atoms with E-state index in [1.54, 1.807) is 0 Å². The third-order valence-corrected chi connectivity index (χ3v) is 5.55. The number of fused-ring (bicyclic) bond motifs is 1. The summed E-state index contributed by atoms with van der Waals surface area (Å²) in [7, 11) is -1.35. The van der Waals surface area contributed by atoms with Crippen LogP contribution in [0, 0.1) is 11.8 Å². The van der Waals surface area contributed by atoms with Crippen molar-refractivity contribution in [3.63, 3.8) is 0 Å². The molecule has 0 unspecified atom stereocenters. The van der Waals surface area contributed by atoms with E-state index in [4.69, 9.17) is 15.8 Å². The zero-order valence-corrected chi connectivity index (χ0v) is 14.2. The van der Waals surface area contributed by atoms with Crippen LogP contribution in [0.25, 0.3) is 10.8 Å². The number of rotatable bonds is 6. The molecular formula is C18H25BN2O4. The molecule has 1 aromatic carbocycles. The highest BCUT2D eigenvalue weighted by Gasteiger charge is 2.46.